The van der Waals surface area contributed by atoms with Gasteiger partial charge in [0.25, 0.3) is 0 Å². The number of benzene rings is 2. The average molecular weight is 496 g/mol. The van der Waals surface area contributed by atoms with E-state index < -0.39 is 5.60 Å². The number of hydrogen-bond donors (Lipinski definition) is 2. The van der Waals surface area contributed by atoms with Crippen LogP contribution in [0.2, 0.25) is 0 Å². The predicted molar refractivity (Wildman–Crippen MR) is 149 cm³/mol. The first-order valence-electron chi connectivity index (χ1n) is 12.8. The number of hydrogen-bond acceptors (Lipinski definition) is 5. The van der Waals surface area contributed by atoms with Crippen molar-refractivity contribution in [3.8, 4) is 0 Å². The molecular formula is C30H33N5O2. The number of piperidine rings is 1. The number of rotatable bonds is 5. The molecule has 0 spiro atoms. The largest absolute Gasteiger partial charge is 0.444 e. The molecule has 0 saturated carbocycles. The molecule has 3 heterocycles. The SMILES string of the molecule is CC(C)(C)OC(=O)N1CCC(c2ccc(Nc3ncc(C=Cc4cccc5[nH]ccc45)cn3)cc2)CC1. The third-order valence-corrected chi connectivity index (χ3v) is 6.54. The van der Waals surface area contributed by atoms with Crippen LogP contribution in [0.15, 0.2) is 67.1 Å². The second-order valence-corrected chi connectivity index (χ2v) is 10.4. The molecule has 4 aromatic rings. The molecule has 0 bridgehead atoms. The summed E-state index contributed by atoms with van der Waals surface area (Å²) in [5.41, 5.74) is 4.97. The maximum Gasteiger partial charge on any atom is 0.410 e. The topological polar surface area (TPSA) is 83.1 Å². The molecule has 1 aliphatic rings. The highest BCUT2D eigenvalue weighted by atomic mass is 16.6. The molecule has 1 aliphatic heterocycles. The van der Waals surface area contributed by atoms with E-state index in [2.05, 4.69) is 68.8 Å². The molecule has 0 atom stereocenters. The van der Waals surface area contributed by atoms with E-state index in [1.807, 2.05) is 56.4 Å². The standard InChI is InChI=1S/C30H33N5O2/c1-30(2,3)37-29(36)35-17-14-23(15-18-35)22-9-11-25(12-10-22)34-28-32-19-21(20-33-28)7-8-24-5-4-6-27-26(24)13-16-31-27/h4-13,16,19-20,23,31H,14-15,17-18H2,1-3H3,(H,32,33,34). The molecule has 2 aromatic carbocycles. The van der Waals surface area contributed by atoms with E-state index in [1.165, 1.54) is 10.9 Å². The number of nitrogens with one attached hydrogen (secondary N) is 2. The molecule has 2 N–H and O–H groups in total. The quantitative estimate of drug-likeness (QED) is 0.312. The average Bonchev–Trinajstić information content (AvgIpc) is 3.38. The number of carbonyl (C=O) groups is 1. The Balaban J connectivity index is 1.15. The van der Waals surface area contributed by atoms with Crippen LogP contribution in [0.3, 0.4) is 0 Å². The van der Waals surface area contributed by atoms with Crippen LogP contribution in [0.5, 0.6) is 0 Å². The summed E-state index contributed by atoms with van der Waals surface area (Å²) >= 11 is 0. The van der Waals surface area contributed by atoms with Crippen LogP contribution in [0, 0.1) is 0 Å². The fourth-order valence-corrected chi connectivity index (χ4v) is 4.62. The van der Waals surface area contributed by atoms with Gasteiger partial charge in [-0.05, 0) is 74.9 Å². The lowest BCUT2D eigenvalue weighted by Gasteiger charge is -2.33. The Morgan fingerprint density at radius 2 is 1.76 bits per heavy atom. The molecule has 2 aromatic heterocycles. The van der Waals surface area contributed by atoms with Crippen LogP contribution in [-0.2, 0) is 4.74 Å². The zero-order valence-corrected chi connectivity index (χ0v) is 21.6. The molecule has 1 fully saturated rings. The number of fused-ring (bicyclic) bond motifs is 1. The maximum atomic E-state index is 12.3. The first-order chi connectivity index (χ1) is 17.8. The van der Waals surface area contributed by atoms with Crippen molar-refractivity contribution in [2.75, 3.05) is 18.4 Å². The summed E-state index contributed by atoms with van der Waals surface area (Å²) < 4.78 is 5.51. The highest BCUT2D eigenvalue weighted by molar-refractivity contribution is 5.91. The summed E-state index contributed by atoms with van der Waals surface area (Å²) in [7, 11) is 0. The smallest absolute Gasteiger partial charge is 0.410 e. The molecule has 1 amide bonds. The molecule has 7 nitrogen and oxygen atoms in total. The number of anilines is 2. The van der Waals surface area contributed by atoms with Gasteiger partial charge in [-0.1, -0.05) is 36.4 Å². The van der Waals surface area contributed by atoms with Crippen molar-refractivity contribution < 1.29 is 9.53 Å². The Bertz CT molecular complexity index is 1380. The zero-order chi connectivity index (χ0) is 25.8. The lowest BCUT2D eigenvalue weighted by molar-refractivity contribution is 0.0205. The highest BCUT2D eigenvalue weighted by Crippen LogP contribution is 2.30. The summed E-state index contributed by atoms with van der Waals surface area (Å²) in [6.45, 7) is 7.13. The maximum absolute atomic E-state index is 12.3. The van der Waals surface area contributed by atoms with Gasteiger partial charge in [0.2, 0.25) is 5.95 Å². The van der Waals surface area contributed by atoms with Crippen molar-refractivity contribution in [1.82, 2.24) is 19.9 Å². The van der Waals surface area contributed by atoms with Crippen molar-refractivity contribution in [2.24, 2.45) is 0 Å². The number of H-pyrrole nitrogens is 1. The van der Waals surface area contributed by atoms with Crippen molar-refractivity contribution in [1.29, 1.82) is 0 Å². The monoisotopic (exact) mass is 495 g/mol. The number of aromatic nitrogens is 3. The van der Waals surface area contributed by atoms with E-state index >= 15 is 0 Å². The van der Waals surface area contributed by atoms with E-state index in [4.69, 9.17) is 4.74 Å². The van der Waals surface area contributed by atoms with Crippen molar-refractivity contribution >= 4 is 40.8 Å². The number of ether oxygens (including phenoxy) is 1. The molecule has 1 saturated heterocycles. The molecule has 0 radical (unpaired) electrons. The van der Waals surface area contributed by atoms with E-state index in [0.717, 1.165) is 35.2 Å². The number of aromatic amines is 1. The summed E-state index contributed by atoms with van der Waals surface area (Å²) in [4.78, 5) is 26.3. The summed E-state index contributed by atoms with van der Waals surface area (Å²) in [5, 5.41) is 4.47. The van der Waals surface area contributed by atoms with Gasteiger partial charge in [0.15, 0.2) is 0 Å². The molecular weight excluding hydrogens is 462 g/mol. The molecule has 0 unspecified atom stereocenters. The fraction of sp³-hybridized carbons (Fsp3) is 0.300. The van der Waals surface area contributed by atoms with Crippen molar-refractivity contribution in [2.45, 2.75) is 45.1 Å². The van der Waals surface area contributed by atoms with E-state index in [-0.39, 0.29) is 6.09 Å². The van der Waals surface area contributed by atoms with Crippen LogP contribution in [0.25, 0.3) is 23.1 Å². The third kappa shape index (κ3) is 6.17. The van der Waals surface area contributed by atoms with Crippen LogP contribution >= 0.6 is 0 Å². The van der Waals surface area contributed by atoms with Crippen molar-refractivity contribution in [3.63, 3.8) is 0 Å². The van der Waals surface area contributed by atoms with Gasteiger partial charge in [-0.15, -0.1) is 0 Å². The van der Waals surface area contributed by atoms with E-state index in [1.54, 1.807) is 0 Å². The normalized spacial score (nSPS) is 14.8. The Morgan fingerprint density at radius 3 is 2.46 bits per heavy atom. The minimum absolute atomic E-state index is 0.218. The van der Waals surface area contributed by atoms with Crippen LogP contribution < -0.4 is 5.32 Å². The first-order valence-corrected chi connectivity index (χ1v) is 12.8. The van der Waals surface area contributed by atoms with Gasteiger partial charge in [-0.2, -0.15) is 0 Å². The minimum atomic E-state index is -0.463. The second kappa shape index (κ2) is 10.5. The molecule has 5 rings (SSSR count). The Labute approximate surface area is 217 Å². The summed E-state index contributed by atoms with van der Waals surface area (Å²) in [5.74, 6) is 0.996. The van der Waals surface area contributed by atoms with E-state index in [0.29, 0.717) is 25.0 Å². The molecule has 37 heavy (non-hydrogen) atoms. The first kappa shape index (κ1) is 24.6. The Morgan fingerprint density at radius 1 is 1.03 bits per heavy atom. The van der Waals surface area contributed by atoms with Gasteiger partial charge in [0, 0.05) is 53.8 Å². The molecule has 0 aliphatic carbocycles. The number of carbonyl (C=O) groups excluding carboxylic acids is 1. The molecule has 190 valence electrons. The van der Waals surface area contributed by atoms with Gasteiger partial charge in [-0.3, -0.25) is 0 Å². The summed E-state index contributed by atoms with van der Waals surface area (Å²) in [6.07, 6.45) is 11.3. The third-order valence-electron chi connectivity index (χ3n) is 6.54. The predicted octanol–water partition coefficient (Wildman–Crippen LogP) is 6.99. The lowest BCUT2D eigenvalue weighted by atomic mass is 9.89. The lowest BCUT2D eigenvalue weighted by Crippen LogP contribution is -2.41. The van der Waals surface area contributed by atoms with Gasteiger partial charge in [0.1, 0.15) is 5.60 Å². The Hall–Kier alpha value is -4.13. The van der Waals surface area contributed by atoms with Gasteiger partial charge in [-0.25, -0.2) is 14.8 Å². The fourth-order valence-electron chi connectivity index (χ4n) is 4.62. The van der Waals surface area contributed by atoms with Crippen LogP contribution in [0.1, 0.15) is 56.2 Å². The number of likely N-dealkylation sites (tertiary alicyclic amines) is 1. The van der Waals surface area contributed by atoms with Crippen LogP contribution in [-0.4, -0.2) is 44.6 Å². The number of amides is 1. The highest BCUT2D eigenvalue weighted by Gasteiger charge is 2.27. The van der Waals surface area contributed by atoms with Gasteiger partial charge in [0.05, 0.1) is 0 Å². The zero-order valence-electron chi connectivity index (χ0n) is 21.6. The van der Waals surface area contributed by atoms with Gasteiger partial charge >= 0.3 is 6.09 Å². The second-order valence-electron chi connectivity index (χ2n) is 10.4. The molecule has 7 heteroatoms. The minimum Gasteiger partial charge on any atom is -0.444 e. The summed E-state index contributed by atoms with van der Waals surface area (Å²) in [6, 6.07) is 16.7. The van der Waals surface area contributed by atoms with Crippen molar-refractivity contribution in [3.05, 3.63) is 83.8 Å². The van der Waals surface area contributed by atoms with Crippen LogP contribution in [0.4, 0.5) is 16.4 Å². The van der Waals surface area contributed by atoms with E-state index in [9.17, 15) is 4.79 Å². The van der Waals surface area contributed by atoms with Gasteiger partial charge < -0.3 is 19.9 Å². The Kier molecular flexibility index (Phi) is 6.95. The number of nitrogens with zero attached hydrogens (tertiary/aromatic N) is 3.